The minimum absolute atomic E-state index is 0.0497. The zero-order chi connectivity index (χ0) is 14.8. The Morgan fingerprint density at radius 2 is 2.24 bits per heavy atom. The molecule has 1 aliphatic rings. The molecule has 0 spiro atoms. The predicted molar refractivity (Wildman–Crippen MR) is 83.0 cm³/mol. The number of aromatic nitrogens is 1. The zero-order valence-corrected chi connectivity index (χ0v) is 12.3. The van der Waals surface area contributed by atoms with Crippen LogP contribution in [0.1, 0.15) is 10.4 Å². The maximum Gasteiger partial charge on any atom is 0.258 e. The fourth-order valence-electron chi connectivity index (χ4n) is 1.90. The maximum atomic E-state index is 12.1. The smallest absolute Gasteiger partial charge is 0.258 e. The van der Waals surface area contributed by atoms with Crippen molar-refractivity contribution in [2.24, 2.45) is 0 Å². The minimum atomic E-state index is -0.345. The SMILES string of the molecule is O=C1CSc2ccc(NC(=O)c3cnccc3Cl)cc2N1. The Balaban J connectivity index is 1.82. The van der Waals surface area contributed by atoms with Crippen LogP contribution in [-0.2, 0) is 4.79 Å². The number of nitrogens with one attached hydrogen (secondary N) is 2. The van der Waals surface area contributed by atoms with Crippen molar-refractivity contribution in [1.29, 1.82) is 0 Å². The first-order chi connectivity index (χ1) is 10.1. The van der Waals surface area contributed by atoms with E-state index in [0.29, 0.717) is 27.7 Å². The van der Waals surface area contributed by atoms with Crippen LogP contribution in [0.15, 0.2) is 41.6 Å². The number of pyridine rings is 1. The second kappa shape index (κ2) is 5.75. The van der Waals surface area contributed by atoms with E-state index in [1.165, 1.54) is 24.2 Å². The van der Waals surface area contributed by atoms with Crippen molar-refractivity contribution in [2.45, 2.75) is 4.90 Å². The molecule has 0 radical (unpaired) electrons. The monoisotopic (exact) mass is 319 g/mol. The number of anilines is 2. The topological polar surface area (TPSA) is 71.1 Å². The van der Waals surface area contributed by atoms with Crippen molar-refractivity contribution >= 4 is 46.6 Å². The van der Waals surface area contributed by atoms with Crippen LogP contribution in [0.2, 0.25) is 5.02 Å². The third-order valence-corrected chi connectivity index (χ3v) is 4.29. The van der Waals surface area contributed by atoms with E-state index >= 15 is 0 Å². The molecule has 1 aromatic carbocycles. The van der Waals surface area contributed by atoms with E-state index in [0.717, 1.165) is 4.90 Å². The van der Waals surface area contributed by atoms with Gasteiger partial charge in [0.2, 0.25) is 5.91 Å². The van der Waals surface area contributed by atoms with Crippen molar-refractivity contribution in [2.75, 3.05) is 16.4 Å². The van der Waals surface area contributed by atoms with Gasteiger partial charge in [-0.3, -0.25) is 14.6 Å². The molecule has 2 aromatic rings. The second-order valence-electron chi connectivity index (χ2n) is 4.36. The van der Waals surface area contributed by atoms with Crippen LogP contribution in [0.3, 0.4) is 0 Å². The lowest BCUT2D eigenvalue weighted by Crippen LogP contribution is -2.19. The Morgan fingerprint density at radius 1 is 1.38 bits per heavy atom. The first kappa shape index (κ1) is 13.9. The molecule has 106 valence electrons. The Labute approximate surface area is 130 Å². The summed E-state index contributed by atoms with van der Waals surface area (Å²) >= 11 is 7.43. The van der Waals surface area contributed by atoms with Gasteiger partial charge in [0, 0.05) is 23.0 Å². The molecule has 0 atom stereocenters. The molecule has 0 aliphatic carbocycles. The average Bonchev–Trinajstić information content (AvgIpc) is 2.47. The van der Waals surface area contributed by atoms with E-state index in [4.69, 9.17) is 11.6 Å². The van der Waals surface area contributed by atoms with Gasteiger partial charge in [0.1, 0.15) is 0 Å². The van der Waals surface area contributed by atoms with Crippen LogP contribution < -0.4 is 10.6 Å². The normalized spacial score (nSPS) is 13.3. The molecule has 1 aliphatic heterocycles. The molecular formula is C14H10ClN3O2S. The van der Waals surface area contributed by atoms with Crippen molar-refractivity contribution in [3.8, 4) is 0 Å². The molecule has 5 nitrogen and oxygen atoms in total. The number of hydrogen-bond donors (Lipinski definition) is 2. The number of amides is 2. The average molecular weight is 320 g/mol. The number of carbonyl (C=O) groups is 2. The van der Waals surface area contributed by atoms with Gasteiger partial charge in [-0.2, -0.15) is 0 Å². The van der Waals surface area contributed by atoms with Gasteiger partial charge in [-0.15, -0.1) is 11.8 Å². The largest absolute Gasteiger partial charge is 0.324 e. The molecule has 0 unspecified atom stereocenters. The van der Waals surface area contributed by atoms with Crippen LogP contribution in [0, 0.1) is 0 Å². The number of rotatable bonds is 2. The van der Waals surface area contributed by atoms with Gasteiger partial charge >= 0.3 is 0 Å². The van der Waals surface area contributed by atoms with Gasteiger partial charge in [0.25, 0.3) is 5.91 Å². The Bertz CT molecular complexity index is 736. The van der Waals surface area contributed by atoms with Gasteiger partial charge in [0.15, 0.2) is 0 Å². The third-order valence-electron chi connectivity index (χ3n) is 2.88. The number of nitrogens with zero attached hydrogens (tertiary/aromatic N) is 1. The van der Waals surface area contributed by atoms with Crippen molar-refractivity contribution in [3.05, 3.63) is 47.2 Å². The molecular weight excluding hydrogens is 310 g/mol. The van der Waals surface area contributed by atoms with Crippen LogP contribution >= 0.6 is 23.4 Å². The lowest BCUT2D eigenvalue weighted by atomic mass is 10.2. The molecule has 7 heteroatoms. The Morgan fingerprint density at radius 3 is 3.05 bits per heavy atom. The summed E-state index contributed by atoms with van der Waals surface area (Å²) in [6, 6.07) is 6.92. The fourth-order valence-corrected chi connectivity index (χ4v) is 2.88. The number of fused-ring (bicyclic) bond motifs is 1. The molecule has 0 saturated heterocycles. The molecule has 0 saturated carbocycles. The zero-order valence-electron chi connectivity index (χ0n) is 10.7. The number of halogens is 1. The maximum absolute atomic E-state index is 12.1. The van der Waals surface area contributed by atoms with E-state index in [1.54, 1.807) is 18.2 Å². The lowest BCUT2D eigenvalue weighted by Gasteiger charge is -2.17. The summed E-state index contributed by atoms with van der Waals surface area (Å²) in [7, 11) is 0. The molecule has 2 heterocycles. The molecule has 2 amide bonds. The predicted octanol–water partition coefficient (Wildman–Crippen LogP) is 3.03. The van der Waals surface area contributed by atoms with Crippen LogP contribution in [0.5, 0.6) is 0 Å². The van der Waals surface area contributed by atoms with Gasteiger partial charge in [-0.1, -0.05) is 11.6 Å². The molecule has 21 heavy (non-hydrogen) atoms. The Kier molecular flexibility index (Phi) is 3.81. The van der Waals surface area contributed by atoms with E-state index < -0.39 is 0 Å². The van der Waals surface area contributed by atoms with Crippen molar-refractivity contribution in [3.63, 3.8) is 0 Å². The number of thioether (sulfide) groups is 1. The summed E-state index contributed by atoms with van der Waals surface area (Å²) in [5.74, 6) is 0.0124. The van der Waals surface area contributed by atoms with Gasteiger partial charge in [-0.05, 0) is 24.3 Å². The highest BCUT2D eigenvalue weighted by Gasteiger charge is 2.16. The number of carbonyl (C=O) groups excluding carboxylic acids is 2. The molecule has 1 aromatic heterocycles. The summed E-state index contributed by atoms with van der Waals surface area (Å²) in [5, 5.41) is 5.85. The summed E-state index contributed by atoms with van der Waals surface area (Å²) in [6.07, 6.45) is 2.93. The highest BCUT2D eigenvalue weighted by atomic mass is 35.5. The Hall–Kier alpha value is -2.05. The molecule has 0 bridgehead atoms. The van der Waals surface area contributed by atoms with Crippen molar-refractivity contribution < 1.29 is 9.59 Å². The van der Waals surface area contributed by atoms with Crippen molar-refractivity contribution in [1.82, 2.24) is 4.98 Å². The first-order valence-corrected chi connectivity index (χ1v) is 7.47. The third kappa shape index (κ3) is 3.01. The van der Waals surface area contributed by atoms with Gasteiger partial charge < -0.3 is 10.6 Å². The lowest BCUT2D eigenvalue weighted by molar-refractivity contribution is -0.113. The summed E-state index contributed by atoms with van der Waals surface area (Å²) in [4.78, 5) is 28.4. The minimum Gasteiger partial charge on any atom is -0.324 e. The number of benzene rings is 1. The highest BCUT2D eigenvalue weighted by Crippen LogP contribution is 2.33. The standard InChI is InChI=1S/C14H10ClN3O2S/c15-10-3-4-16-6-9(10)14(20)17-8-1-2-12-11(5-8)18-13(19)7-21-12/h1-6H,7H2,(H,17,20)(H,18,19). The van der Waals surface area contributed by atoms with E-state index in [-0.39, 0.29) is 11.8 Å². The number of hydrogen-bond acceptors (Lipinski definition) is 4. The van der Waals surface area contributed by atoms with E-state index in [9.17, 15) is 9.59 Å². The van der Waals surface area contributed by atoms with Gasteiger partial charge in [-0.25, -0.2) is 0 Å². The van der Waals surface area contributed by atoms with Crippen LogP contribution in [-0.4, -0.2) is 22.6 Å². The summed E-state index contributed by atoms with van der Waals surface area (Å²) < 4.78 is 0. The summed E-state index contributed by atoms with van der Waals surface area (Å²) in [5.41, 5.74) is 1.59. The highest BCUT2D eigenvalue weighted by molar-refractivity contribution is 8.00. The quantitative estimate of drug-likeness (QED) is 0.892. The van der Waals surface area contributed by atoms with E-state index in [1.807, 2.05) is 6.07 Å². The summed E-state index contributed by atoms with van der Waals surface area (Å²) in [6.45, 7) is 0. The van der Waals surface area contributed by atoms with Gasteiger partial charge in [0.05, 0.1) is 22.0 Å². The molecule has 2 N–H and O–H groups in total. The first-order valence-electron chi connectivity index (χ1n) is 6.11. The molecule has 0 fully saturated rings. The second-order valence-corrected chi connectivity index (χ2v) is 5.78. The molecule has 3 rings (SSSR count). The van der Waals surface area contributed by atoms with Crippen LogP contribution in [0.25, 0.3) is 0 Å². The van der Waals surface area contributed by atoms with Crippen LogP contribution in [0.4, 0.5) is 11.4 Å². The van der Waals surface area contributed by atoms with E-state index in [2.05, 4.69) is 15.6 Å². The fraction of sp³-hybridized carbons (Fsp3) is 0.0714.